The first-order chi connectivity index (χ1) is 8.83. The summed E-state index contributed by atoms with van der Waals surface area (Å²) in [5, 5.41) is 11.2. The summed E-state index contributed by atoms with van der Waals surface area (Å²) in [6, 6.07) is 0. The quantitative estimate of drug-likeness (QED) is 0.804. The molecule has 0 aromatic carbocycles. The van der Waals surface area contributed by atoms with E-state index in [1.807, 2.05) is 22.5 Å². The minimum Gasteiger partial charge on any atom is -0.369 e. The fourth-order valence-electron chi connectivity index (χ4n) is 2.03. The Kier molecular flexibility index (Phi) is 3.07. The van der Waals surface area contributed by atoms with Crippen LogP contribution in [-0.4, -0.2) is 37.2 Å². The molecule has 1 N–H and O–H groups in total. The van der Waals surface area contributed by atoms with E-state index in [-0.39, 0.29) is 6.10 Å². The summed E-state index contributed by atoms with van der Waals surface area (Å²) in [6.45, 7) is 2.87. The first kappa shape index (κ1) is 11.4. The van der Waals surface area contributed by atoms with E-state index in [1.165, 1.54) is 0 Å². The Morgan fingerprint density at radius 2 is 2.50 bits per heavy atom. The summed E-state index contributed by atoms with van der Waals surface area (Å²) in [6.07, 6.45) is 5.63. The summed E-state index contributed by atoms with van der Waals surface area (Å²) in [5.41, 5.74) is 1.04. The first-order valence-corrected chi connectivity index (χ1v) is 5.99. The minimum atomic E-state index is 0.138. The van der Waals surface area contributed by atoms with E-state index >= 15 is 0 Å². The predicted molar refractivity (Wildman–Crippen MR) is 63.5 cm³/mol. The van der Waals surface area contributed by atoms with Gasteiger partial charge in [0.1, 0.15) is 5.82 Å². The maximum absolute atomic E-state index is 5.72. The molecule has 0 spiro atoms. The molecular weight excluding hydrogens is 232 g/mol. The second-order valence-corrected chi connectivity index (χ2v) is 4.43. The van der Waals surface area contributed by atoms with Crippen molar-refractivity contribution < 1.29 is 4.74 Å². The van der Waals surface area contributed by atoms with E-state index in [9.17, 15) is 0 Å². The normalized spacial score (nSPS) is 18.8. The van der Waals surface area contributed by atoms with Crippen LogP contribution in [0.25, 0.3) is 0 Å². The summed E-state index contributed by atoms with van der Waals surface area (Å²) in [5.74, 6) is 1.02. The topological polar surface area (TPSA) is 69.8 Å². The molecule has 1 aliphatic heterocycles. The van der Waals surface area contributed by atoms with Gasteiger partial charge in [-0.15, -0.1) is 5.10 Å². The fourth-order valence-corrected chi connectivity index (χ4v) is 2.03. The molecule has 1 aliphatic rings. The predicted octanol–water partition coefficient (Wildman–Crippen LogP) is -0.300. The van der Waals surface area contributed by atoms with Gasteiger partial charge in [-0.1, -0.05) is 5.21 Å². The van der Waals surface area contributed by atoms with Crippen molar-refractivity contribution in [3.63, 3.8) is 0 Å². The van der Waals surface area contributed by atoms with Crippen LogP contribution in [-0.2, 0) is 31.5 Å². The highest BCUT2D eigenvalue weighted by Crippen LogP contribution is 2.10. The molecule has 1 atom stereocenters. The van der Waals surface area contributed by atoms with E-state index < -0.39 is 0 Å². The number of aryl methyl sites for hydroxylation is 1. The zero-order valence-electron chi connectivity index (χ0n) is 10.3. The largest absolute Gasteiger partial charge is 0.369 e. The first-order valence-electron chi connectivity index (χ1n) is 5.99. The number of hydrogen-bond acceptors (Lipinski definition) is 5. The van der Waals surface area contributed by atoms with Crippen molar-refractivity contribution in [2.24, 2.45) is 7.05 Å². The second kappa shape index (κ2) is 4.87. The number of hydrogen-bond donors (Lipinski definition) is 1. The monoisotopic (exact) mass is 248 g/mol. The third kappa shape index (κ3) is 2.27. The van der Waals surface area contributed by atoms with Gasteiger partial charge in [-0.05, 0) is 0 Å². The average molecular weight is 248 g/mol. The number of nitrogens with zero attached hydrogens (tertiary/aromatic N) is 5. The van der Waals surface area contributed by atoms with E-state index in [4.69, 9.17) is 4.74 Å². The number of imidazole rings is 1. The summed E-state index contributed by atoms with van der Waals surface area (Å²) in [7, 11) is 1.99. The van der Waals surface area contributed by atoms with Crippen LogP contribution in [0, 0.1) is 0 Å². The highest BCUT2D eigenvalue weighted by atomic mass is 16.5. The lowest BCUT2D eigenvalue weighted by atomic mass is 10.3. The molecule has 96 valence electrons. The number of ether oxygens (including phenoxy) is 1. The summed E-state index contributed by atoms with van der Waals surface area (Å²) in [4.78, 5) is 4.26. The molecule has 0 bridgehead atoms. The molecule has 3 rings (SSSR count). The molecule has 1 unspecified atom stereocenters. The fraction of sp³-hybridized carbons (Fsp3) is 0.545. The van der Waals surface area contributed by atoms with Crippen LogP contribution in [0.3, 0.4) is 0 Å². The molecule has 18 heavy (non-hydrogen) atoms. The van der Waals surface area contributed by atoms with Gasteiger partial charge in [0, 0.05) is 26.0 Å². The lowest BCUT2D eigenvalue weighted by Gasteiger charge is -2.23. The smallest absolute Gasteiger partial charge is 0.122 e. The lowest BCUT2D eigenvalue weighted by Crippen LogP contribution is -2.36. The number of rotatable bonds is 4. The molecule has 0 saturated carbocycles. The van der Waals surface area contributed by atoms with Crippen molar-refractivity contribution in [3.05, 3.63) is 30.1 Å². The minimum absolute atomic E-state index is 0.138. The molecule has 0 amide bonds. The van der Waals surface area contributed by atoms with Crippen molar-refractivity contribution in [3.8, 4) is 0 Å². The Morgan fingerprint density at radius 1 is 1.56 bits per heavy atom. The molecule has 0 aliphatic carbocycles. The Labute approximate surface area is 105 Å². The Balaban J connectivity index is 1.49. The van der Waals surface area contributed by atoms with Crippen molar-refractivity contribution in [2.75, 3.05) is 6.54 Å². The molecule has 7 nitrogen and oxygen atoms in total. The van der Waals surface area contributed by atoms with Crippen molar-refractivity contribution in [2.45, 2.75) is 25.8 Å². The maximum Gasteiger partial charge on any atom is 0.122 e. The summed E-state index contributed by atoms with van der Waals surface area (Å²) >= 11 is 0. The average Bonchev–Trinajstić information content (AvgIpc) is 2.98. The molecule has 2 aromatic heterocycles. The van der Waals surface area contributed by atoms with Crippen LogP contribution < -0.4 is 5.32 Å². The third-order valence-electron chi connectivity index (χ3n) is 3.12. The lowest BCUT2D eigenvalue weighted by molar-refractivity contribution is 0.000878. The van der Waals surface area contributed by atoms with Crippen LogP contribution in [0.5, 0.6) is 0 Å². The zero-order valence-corrected chi connectivity index (χ0v) is 10.3. The number of fused-ring (bicyclic) bond motifs is 1. The van der Waals surface area contributed by atoms with Crippen molar-refractivity contribution >= 4 is 0 Å². The molecule has 0 fully saturated rings. The van der Waals surface area contributed by atoms with Gasteiger partial charge in [0.15, 0.2) is 0 Å². The molecule has 2 aromatic rings. The molecule has 3 heterocycles. The molecule has 0 radical (unpaired) electrons. The summed E-state index contributed by atoms with van der Waals surface area (Å²) < 4.78 is 9.63. The molecule has 7 heteroatoms. The Bertz CT molecular complexity index is 519. The van der Waals surface area contributed by atoms with Crippen LogP contribution in [0.2, 0.25) is 0 Å². The molecular formula is C11H16N6O. The van der Waals surface area contributed by atoms with Gasteiger partial charge in [0.2, 0.25) is 0 Å². The van der Waals surface area contributed by atoms with E-state index in [2.05, 4.69) is 20.6 Å². The van der Waals surface area contributed by atoms with Crippen molar-refractivity contribution in [1.29, 1.82) is 0 Å². The van der Waals surface area contributed by atoms with Crippen LogP contribution in [0.15, 0.2) is 18.6 Å². The van der Waals surface area contributed by atoms with Gasteiger partial charge in [-0.2, -0.15) is 0 Å². The Morgan fingerprint density at radius 3 is 3.33 bits per heavy atom. The molecule has 0 saturated heterocycles. The number of aromatic nitrogens is 5. The van der Waals surface area contributed by atoms with Crippen LogP contribution >= 0.6 is 0 Å². The van der Waals surface area contributed by atoms with E-state index in [1.54, 1.807) is 12.4 Å². The van der Waals surface area contributed by atoms with Crippen LogP contribution in [0.4, 0.5) is 0 Å². The van der Waals surface area contributed by atoms with Crippen LogP contribution in [0.1, 0.15) is 11.5 Å². The van der Waals surface area contributed by atoms with Gasteiger partial charge < -0.3 is 14.6 Å². The SMILES string of the molecule is Cn1ccnc1CNCC1Cn2nncc2CO1. The van der Waals surface area contributed by atoms with Crippen molar-refractivity contribution in [1.82, 2.24) is 29.9 Å². The zero-order chi connectivity index (χ0) is 12.4. The van der Waals surface area contributed by atoms with Gasteiger partial charge in [0.05, 0.1) is 37.7 Å². The van der Waals surface area contributed by atoms with Gasteiger partial charge in [0.25, 0.3) is 0 Å². The van der Waals surface area contributed by atoms with Gasteiger partial charge in [-0.25, -0.2) is 9.67 Å². The highest BCUT2D eigenvalue weighted by molar-refractivity contribution is 4.95. The third-order valence-corrected chi connectivity index (χ3v) is 3.12. The second-order valence-electron chi connectivity index (χ2n) is 4.43. The number of nitrogens with one attached hydrogen (secondary N) is 1. The van der Waals surface area contributed by atoms with E-state index in [0.717, 1.165) is 31.2 Å². The van der Waals surface area contributed by atoms with Gasteiger partial charge in [-0.3, -0.25) is 0 Å². The van der Waals surface area contributed by atoms with E-state index in [0.29, 0.717) is 6.61 Å². The Hall–Kier alpha value is -1.73. The highest BCUT2D eigenvalue weighted by Gasteiger charge is 2.19. The standard InChI is InChI=1S/C11H16N6O/c1-16-3-2-13-11(16)6-12-5-10-7-17-9(8-18-10)4-14-15-17/h2-4,10,12H,5-8H2,1H3. The van der Waals surface area contributed by atoms with Gasteiger partial charge >= 0.3 is 0 Å². The maximum atomic E-state index is 5.72.